The number of alkyl halides is 1. The van der Waals surface area contributed by atoms with E-state index in [0.717, 1.165) is 17.9 Å². The lowest BCUT2D eigenvalue weighted by Crippen LogP contribution is -2.54. The van der Waals surface area contributed by atoms with E-state index in [0.29, 0.717) is 0 Å². The van der Waals surface area contributed by atoms with Crippen LogP contribution >= 0.6 is 7.67 Å². The molecule has 3 unspecified atom stereocenters. The van der Waals surface area contributed by atoms with Crippen molar-refractivity contribution in [2.75, 3.05) is 13.2 Å². The molecule has 0 bridgehead atoms. The Labute approximate surface area is 220 Å². The van der Waals surface area contributed by atoms with E-state index in [1.807, 2.05) is 0 Å². The van der Waals surface area contributed by atoms with Crippen molar-refractivity contribution in [3.63, 3.8) is 0 Å². The van der Waals surface area contributed by atoms with E-state index in [9.17, 15) is 29.2 Å². The average Bonchev–Trinajstić information content (AvgIpc) is 2.98. The smallest absolute Gasteiger partial charge is 0.342 e. The maximum absolute atomic E-state index is 15.9. The van der Waals surface area contributed by atoms with Crippen LogP contribution in [0.25, 0.3) is 0 Å². The van der Waals surface area contributed by atoms with Gasteiger partial charge in [0, 0.05) is 12.3 Å². The second-order valence-corrected chi connectivity index (χ2v) is 11.2. The van der Waals surface area contributed by atoms with Crippen molar-refractivity contribution in [3.8, 4) is 0 Å². The highest BCUT2D eigenvalue weighted by molar-refractivity contribution is 7.54. The fourth-order valence-electron chi connectivity index (χ4n) is 3.61. The van der Waals surface area contributed by atoms with Crippen molar-refractivity contribution in [1.29, 1.82) is 0 Å². The molecule has 0 radical (unpaired) electrons. The molecule has 7 atom stereocenters. The normalized spacial score (nSPS) is 30.5. The van der Waals surface area contributed by atoms with Crippen molar-refractivity contribution >= 4 is 25.5 Å². The molecular formula is C22H36FN4O10P. The van der Waals surface area contributed by atoms with E-state index in [2.05, 4.69) is 22.1 Å². The Balaban J connectivity index is 2.28. The van der Waals surface area contributed by atoms with Gasteiger partial charge in [-0.3, -0.25) is 23.5 Å². The highest BCUT2D eigenvalue weighted by atomic mass is 31.2. The third kappa shape index (κ3) is 7.38. The molecule has 14 nitrogen and oxygen atoms in total. The Bertz CT molecular complexity index is 1010. The summed E-state index contributed by atoms with van der Waals surface area (Å²) in [5.41, 5.74) is -2.27. The van der Waals surface area contributed by atoms with Crippen LogP contribution in [0.2, 0.25) is 0 Å². The maximum atomic E-state index is 15.9. The first-order valence-corrected chi connectivity index (χ1v) is 13.5. The Hall–Kier alpha value is -2.39. The van der Waals surface area contributed by atoms with E-state index in [4.69, 9.17) is 18.7 Å². The van der Waals surface area contributed by atoms with Crippen LogP contribution < -0.4 is 15.5 Å². The standard InChI is InChI=1S/C22H36FN4O10P/c1-8-34-17(29)13(4)25-38(33,26-14(5)18(30)36-12(2)3)35-11-22(23)19(31)21(7,32)20(37-22)27-10-9-16(28)24-15(27)6/h9-10,12-14,19-20,31-32H,6,8,11H2,1-5,7H3,(H,24,28)(H2,25,26,33)/t13?,14?,19-,20+,21+,22+,38?/m0/s1. The van der Waals surface area contributed by atoms with Gasteiger partial charge < -0.3 is 34.6 Å². The number of aliphatic hydroxyl groups excluding tert-OH is 1. The molecule has 0 aliphatic carbocycles. The molecule has 0 saturated carbocycles. The van der Waals surface area contributed by atoms with Gasteiger partial charge in [-0.25, -0.2) is 14.6 Å². The molecule has 2 aliphatic heterocycles. The Morgan fingerprint density at radius 3 is 2.39 bits per heavy atom. The summed E-state index contributed by atoms with van der Waals surface area (Å²) in [6, 6.07) is -2.47. The van der Waals surface area contributed by atoms with Gasteiger partial charge in [0.05, 0.1) is 12.7 Å². The molecular weight excluding hydrogens is 530 g/mol. The second kappa shape index (κ2) is 12.2. The zero-order valence-corrected chi connectivity index (χ0v) is 23.0. The van der Waals surface area contributed by atoms with Gasteiger partial charge in [0.15, 0.2) is 6.23 Å². The fraction of sp³-hybridized carbons (Fsp3) is 0.682. The topological polar surface area (TPSA) is 185 Å². The van der Waals surface area contributed by atoms with Crippen molar-refractivity contribution < 1.29 is 52.3 Å². The minimum Gasteiger partial charge on any atom is -0.465 e. The Morgan fingerprint density at radius 2 is 1.87 bits per heavy atom. The second-order valence-electron chi connectivity index (χ2n) is 9.31. The van der Waals surface area contributed by atoms with Crippen LogP contribution in [0.15, 0.2) is 24.7 Å². The number of hydrogen-bond acceptors (Lipinski definition) is 11. The molecule has 16 heteroatoms. The van der Waals surface area contributed by atoms with Crippen molar-refractivity contribution in [1.82, 2.24) is 20.4 Å². The molecule has 0 aromatic rings. The quantitative estimate of drug-likeness (QED) is 0.159. The van der Waals surface area contributed by atoms with Crippen LogP contribution in [0.4, 0.5) is 4.39 Å². The molecule has 38 heavy (non-hydrogen) atoms. The lowest BCUT2D eigenvalue weighted by molar-refractivity contribution is -0.206. The highest BCUT2D eigenvalue weighted by Crippen LogP contribution is 2.46. The van der Waals surface area contributed by atoms with Gasteiger partial charge in [0.2, 0.25) is 0 Å². The summed E-state index contributed by atoms with van der Waals surface area (Å²) in [6.45, 7) is 10.9. The largest absolute Gasteiger partial charge is 0.465 e. The number of nitrogens with zero attached hydrogens (tertiary/aromatic N) is 1. The van der Waals surface area contributed by atoms with Crippen LogP contribution in [0.5, 0.6) is 0 Å². The predicted molar refractivity (Wildman–Crippen MR) is 130 cm³/mol. The maximum Gasteiger partial charge on any atom is 0.342 e. The molecule has 216 valence electrons. The van der Waals surface area contributed by atoms with Gasteiger partial charge in [0.25, 0.3) is 11.8 Å². The summed E-state index contributed by atoms with van der Waals surface area (Å²) in [6.07, 6.45) is -2.06. The number of carbonyl (C=O) groups is 3. The average molecular weight is 567 g/mol. The third-order valence-corrected chi connectivity index (χ3v) is 7.45. The van der Waals surface area contributed by atoms with Gasteiger partial charge in [-0.05, 0) is 41.5 Å². The van der Waals surface area contributed by atoms with Gasteiger partial charge >= 0.3 is 19.6 Å². The van der Waals surface area contributed by atoms with Crippen molar-refractivity contribution in [3.05, 3.63) is 24.7 Å². The number of halogens is 1. The molecule has 5 N–H and O–H groups in total. The zero-order chi connectivity index (χ0) is 29.1. The number of nitrogens with one attached hydrogen (secondary N) is 3. The minimum atomic E-state index is -4.46. The number of ether oxygens (including phenoxy) is 3. The number of carbonyl (C=O) groups excluding carboxylic acids is 3. The third-order valence-electron chi connectivity index (χ3n) is 5.50. The van der Waals surface area contributed by atoms with E-state index < -0.39 is 74.1 Å². The fourth-order valence-corrected chi connectivity index (χ4v) is 5.42. The van der Waals surface area contributed by atoms with Gasteiger partial charge in [-0.2, -0.15) is 0 Å². The van der Waals surface area contributed by atoms with Crippen LogP contribution in [0, 0.1) is 0 Å². The van der Waals surface area contributed by atoms with Crippen LogP contribution in [-0.2, 0) is 37.7 Å². The molecule has 1 fully saturated rings. The van der Waals surface area contributed by atoms with Gasteiger partial charge in [-0.1, -0.05) is 6.58 Å². The van der Waals surface area contributed by atoms with E-state index in [-0.39, 0.29) is 12.4 Å². The molecule has 0 aromatic heterocycles. The van der Waals surface area contributed by atoms with E-state index >= 15 is 4.39 Å². The van der Waals surface area contributed by atoms with Crippen LogP contribution in [0.1, 0.15) is 41.5 Å². The summed E-state index contributed by atoms with van der Waals surface area (Å²) >= 11 is 0. The molecule has 0 spiro atoms. The number of esters is 2. The molecule has 1 saturated heterocycles. The number of rotatable bonds is 12. The Kier molecular flexibility index (Phi) is 10.2. The first-order chi connectivity index (χ1) is 17.5. The SMILES string of the molecule is C=C1NC(=O)C=CN1[C@@H]1O[C@](F)(COP(=O)(NC(C)C(=O)OCC)NC(C)C(=O)OC(C)C)[C@@H](O)[C@@]1(C)O. The van der Waals surface area contributed by atoms with Crippen molar-refractivity contribution in [2.24, 2.45) is 0 Å². The number of hydrogen-bond donors (Lipinski definition) is 5. The molecule has 2 aliphatic rings. The lowest BCUT2D eigenvalue weighted by atomic mass is 9.95. The monoisotopic (exact) mass is 566 g/mol. The summed E-state index contributed by atoms with van der Waals surface area (Å²) in [7, 11) is -4.46. The molecule has 1 amide bonds. The van der Waals surface area contributed by atoms with Crippen LogP contribution in [0.3, 0.4) is 0 Å². The summed E-state index contributed by atoms with van der Waals surface area (Å²) in [5, 5.41) is 28.6. The first-order valence-electron chi connectivity index (χ1n) is 11.9. The zero-order valence-electron chi connectivity index (χ0n) is 22.1. The summed E-state index contributed by atoms with van der Waals surface area (Å²) in [5.74, 6) is -5.32. The lowest BCUT2D eigenvalue weighted by Gasteiger charge is -2.36. The molecule has 0 aromatic carbocycles. The van der Waals surface area contributed by atoms with E-state index in [1.54, 1.807) is 20.8 Å². The van der Waals surface area contributed by atoms with Crippen molar-refractivity contribution in [2.45, 2.75) is 83.5 Å². The summed E-state index contributed by atoms with van der Waals surface area (Å²) in [4.78, 5) is 37.0. The first kappa shape index (κ1) is 31.8. The Morgan fingerprint density at radius 1 is 1.29 bits per heavy atom. The van der Waals surface area contributed by atoms with Crippen LogP contribution in [-0.4, -0.2) is 88.1 Å². The highest BCUT2D eigenvalue weighted by Gasteiger charge is 2.64. The molecule has 2 rings (SSSR count). The summed E-state index contributed by atoms with van der Waals surface area (Å²) < 4.78 is 50.2. The minimum absolute atomic E-state index is 0.0291. The van der Waals surface area contributed by atoms with E-state index in [1.165, 1.54) is 20.0 Å². The molecule has 2 heterocycles. The number of amides is 1. The van der Waals surface area contributed by atoms with Gasteiger partial charge in [-0.15, -0.1) is 0 Å². The van der Waals surface area contributed by atoms with Gasteiger partial charge in [0.1, 0.15) is 36.2 Å². The number of aliphatic hydroxyl groups is 2. The predicted octanol–water partition coefficient (Wildman–Crippen LogP) is 0.133.